The van der Waals surface area contributed by atoms with Crippen LogP contribution in [-0.2, 0) is 0 Å². The highest BCUT2D eigenvalue weighted by Gasteiger charge is 2.04. The lowest BCUT2D eigenvalue weighted by molar-refractivity contribution is 0.947. The summed E-state index contributed by atoms with van der Waals surface area (Å²) in [6, 6.07) is 5.75. The third kappa shape index (κ3) is 1.25. The third-order valence-corrected chi connectivity index (χ3v) is 2.16. The number of hydrogen-bond donors (Lipinski definition) is 0. The van der Waals surface area contributed by atoms with Crippen LogP contribution in [0.4, 0.5) is 0 Å². The lowest BCUT2D eigenvalue weighted by atomic mass is 10.2. The van der Waals surface area contributed by atoms with Crippen LogP contribution in [0.1, 0.15) is 0 Å². The Balaban J connectivity index is 2.31. The van der Waals surface area contributed by atoms with E-state index in [0.29, 0.717) is 5.78 Å². The van der Waals surface area contributed by atoms with Crippen LogP contribution in [0.25, 0.3) is 17.0 Å². The van der Waals surface area contributed by atoms with E-state index in [1.54, 1.807) is 23.1 Å². The summed E-state index contributed by atoms with van der Waals surface area (Å²) in [5, 5.41) is 4.12. The number of hydrogen-bond acceptors (Lipinski definition) is 4. The number of rotatable bonds is 1. The molecule has 0 aromatic carbocycles. The number of fused-ring (bicyclic) bond motifs is 1. The third-order valence-electron chi connectivity index (χ3n) is 2.16. The number of aromatic nitrogens is 5. The topological polar surface area (TPSA) is 56.0 Å². The summed E-state index contributed by atoms with van der Waals surface area (Å²) in [4.78, 5) is 12.1. The molecule has 0 aliphatic rings. The molecule has 0 saturated carbocycles. The van der Waals surface area contributed by atoms with Gasteiger partial charge in [-0.25, -0.2) is 4.98 Å². The van der Waals surface area contributed by atoms with E-state index in [2.05, 4.69) is 20.1 Å². The van der Waals surface area contributed by atoms with Gasteiger partial charge in [-0.05, 0) is 18.2 Å². The maximum Gasteiger partial charge on any atom is 0.252 e. The van der Waals surface area contributed by atoms with Gasteiger partial charge in [0, 0.05) is 24.2 Å². The van der Waals surface area contributed by atoms with Crippen molar-refractivity contribution in [3.05, 3.63) is 43.1 Å². The van der Waals surface area contributed by atoms with Gasteiger partial charge in [0.2, 0.25) is 0 Å². The van der Waals surface area contributed by atoms with Gasteiger partial charge >= 0.3 is 0 Å². The lowest BCUT2D eigenvalue weighted by Crippen LogP contribution is -1.95. The van der Waals surface area contributed by atoms with Gasteiger partial charge in [0.05, 0.1) is 5.69 Å². The number of nitrogens with zero attached hydrogens (tertiary/aromatic N) is 5. The molecule has 0 amide bonds. The molecule has 0 unspecified atom stereocenters. The van der Waals surface area contributed by atoms with Crippen LogP contribution < -0.4 is 0 Å². The molecule has 0 atom stereocenters. The highest BCUT2D eigenvalue weighted by atomic mass is 15.3. The molecule has 0 radical (unpaired) electrons. The first-order valence-corrected chi connectivity index (χ1v) is 4.50. The van der Waals surface area contributed by atoms with E-state index in [-0.39, 0.29) is 0 Å². The predicted molar refractivity (Wildman–Crippen MR) is 54.0 cm³/mol. The number of pyridine rings is 1. The Morgan fingerprint density at radius 3 is 2.67 bits per heavy atom. The van der Waals surface area contributed by atoms with Gasteiger partial charge in [-0.2, -0.15) is 14.6 Å². The van der Waals surface area contributed by atoms with Crippen molar-refractivity contribution in [1.29, 1.82) is 0 Å². The summed E-state index contributed by atoms with van der Waals surface area (Å²) in [6.45, 7) is 0. The maximum absolute atomic E-state index is 4.12. The highest BCUT2D eigenvalue weighted by molar-refractivity contribution is 5.60. The molecule has 0 bridgehead atoms. The van der Waals surface area contributed by atoms with E-state index in [1.165, 1.54) is 6.33 Å². The molecule has 0 N–H and O–H groups in total. The van der Waals surface area contributed by atoms with E-state index >= 15 is 0 Å². The molecule has 0 aliphatic heterocycles. The normalized spacial score (nSPS) is 10.7. The largest absolute Gasteiger partial charge is 0.265 e. The molecule has 3 aromatic heterocycles. The van der Waals surface area contributed by atoms with E-state index in [9.17, 15) is 0 Å². The van der Waals surface area contributed by atoms with Crippen molar-refractivity contribution >= 4 is 5.78 Å². The van der Waals surface area contributed by atoms with Gasteiger partial charge < -0.3 is 0 Å². The van der Waals surface area contributed by atoms with Crippen molar-refractivity contribution in [2.75, 3.05) is 0 Å². The molecular formula is C10H7N5. The Labute approximate surface area is 85.5 Å². The van der Waals surface area contributed by atoms with Crippen molar-refractivity contribution in [1.82, 2.24) is 24.6 Å². The summed E-state index contributed by atoms with van der Waals surface area (Å²) in [5.74, 6) is 0.601. The van der Waals surface area contributed by atoms with Crippen LogP contribution in [0, 0.1) is 0 Å². The molecule has 5 nitrogen and oxygen atoms in total. The average molecular weight is 197 g/mol. The van der Waals surface area contributed by atoms with Crippen molar-refractivity contribution < 1.29 is 0 Å². The summed E-state index contributed by atoms with van der Waals surface area (Å²) in [5.41, 5.74) is 2.00. The molecule has 5 heteroatoms. The van der Waals surface area contributed by atoms with Gasteiger partial charge in [0.15, 0.2) is 0 Å². The lowest BCUT2D eigenvalue weighted by Gasteiger charge is -2.01. The molecular weight excluding hydrogens is 190 g/mol. The minimum absolute atomic E-state index is 0.601. The Kier molecular flexibility index (Phi) is 1.68. The van der Waals surface area contributed by atoms with Crippen molar-refractivity contribution in [3.8, 4) is 11.3 Å². The second-order valence-electron chi connectivity index (χ2n) is 3.04. The van der Waals surface area contributed by atoms with Gasteiger partial charge in [-0.1, -0.05) is 0 Å². The fraction of sp³-hybridized carbons (Fsp3) is 0. The fourth-order valence-corrected chi connectivity index (χ4v) is 1.48. The molecule has 15 heavy (non-hydrogen) atoms. The summed E-state index contributed by atoms with van der Waals surface area (Å²) < 4.78 is 1.70. The zero-order valence-electron chi connectivity index (χ0n) is 7.78. The predicted octanol–water partition coefficient (Wildman–Crippen LogP) is 1.19. The minimum Gasteiger partial charge on any atom is -0.265 e. The van der Waals surface area contributed by atoms with E-state index in [1.807, 2.05) is 18.2 Å². The zero-order valence-corrected chi connectivity index (χ0v) is 7.78. The van der Waals surface area contributed by atoms with E-state index < -0.39 is 0 Å². The van der Waals surface area contributed by atoms with Gasteiger partial charge in [0.1, 0.15) is 6.33 Å². The Bertz CT molecular complexity index is 587. The van der Waals surface area contributed by atoms with Crippen molar-refractivity contribution in [2.45, 2.75) is 0 Å². The van der Waals surface area contributed by atoms with E-state index in [4.69, 9.17) is 0 Å². The molecule has 0 spiro atoms. The summed E-state index contributed by atoms with van der Waals surface area (Å²) >= 11 is 0. The minimum atomic E-state index is 0.601. The first kappa shape index (κ1) is 8.05. The van der Waals surface area contributed by atoms with Crippen LogP contribution in [0.15, 0.2) is 43.1 Å². The van der Waals surface area contributed by atoms with Crippen LogP contribution in [0.5, 0.6) is 0 Å². The average Bonchev–Trinajstić information content (AvgIpc) is 2.78. The van der Waals surface area contributed by atoms with Crippen LogP contribution in [0.2, 0.25) is 0 Å². The monoisotopic (exact) mass is 197 g/mol. The van der Waals surface area contributed by atoms with Crippen molar-refractivity contribution in [3.63, 3.8) is 0 Å². The Morgan fingerprint density at radius 1 is 0.933 bits per heavy atom. The molecule has 0 fully saturated rings. The standard InChI is InChI=1S/C10H7N5/c1-4-11-5-2-8(1)9-3-6-12-10-13-7-14-15(9)10/h1-7H. The Hall–Kier alpha value is -2.30. The SMILES string of the molecule is c1cc(-c2ccnc3ncnn23)ccn1. The quantitative estimate of drug-likeness (QED) is 0.588. The molecule has 0 saturated heterocycles. The molecule has 72 valence electrons. The molecule has 3 aromatic rings. The van der Waals surface area contributed by atoms with E-state index in [0.717, 1.165) is 11.3 Å². The van der Waals surface area contributed by atoms with Crippen LogP contribution in [-0.4, -0.2) is 24.6 Å². The van der Waals surface area contributed by atoms with Gasteiger partial charge in [-0.3, -0.25) is 4.98 Å². The Morgan fingerprint density at radius 2 is 1.80 bits per heavy atom. The molecule has 3 heterocycles. The second kappa shape index (κ2) is 3.13. The first-order chi connectivity index (χ1) is 7.45. The summed E-state index contributed by atoms with van der Waals surface area (Å²) in [6.07, 6.45) is 6.71. The van der Waals surface area contributed by atoms with Crippen LogP contribution in [0.3, 0.4) is 0 Å². The second-order valence-corrected chi connectivity index (χ2v) is 3.04. The zero-order chi connectivity index (χ0) is 10.1. The summed E-state index contributed by atoms with van der Waals surface area (Å²) in [7, 11) is 0. The smallest absolute Gasteiger partial charge is 0.252 e. The fourth-order valence-electron chi connectivity index (χ4n) is 1.48. The maximum atomic E-state index is 4.12. The van der Waals surface area contributed by atoms with Gasteiger partial charge in [-0.15, -0.1) is 0 Å². The molecule has 0 aliphatic carbocycles. The van der Waals surface area contributed by atoms with Crippen LogP contribution >= 0.6 is 0 Å². The van der Waals surface area contributed by atoms with Gasteiger partial charge in [0.25, 0.3) is 5.78 Å². The van der Waals surface area contributed by atoms with Crippen molar-refractivity contribution in [2.24, 2.45) is 0 Å². The molecule has 3 rings (SSSR count). The highest BCUT2D eigenvalue weighted by Crippen LogP contribution is 2.16. The first-order valence-electron chi connectivity index (χ1n) is 4.50.